The Balaban J connectivity index is 1.49. The quantitative estimate of drug-likeness (QED) is 0.810. The van der Waals surface area contributed by atoms with Crippen LogP contribution in [0.2, 0.25) is 0 Å². The number of hydrogen-bond donors (Lipinski definition) is 1. The van der Waals surface area contributed by atoms with Gasteiger partial charge in [0.15, 0.2) is 5.96 Å². The van der Waals surface area contributed by atoms with E-state index in [0.29, 0.717) is 0 Å². The molecule has 0 aromatic carbocycles. The van der Waals surface area contributed by atoms with Crippen molar-refractivity contribution in [2.75, 3.05) is 33.3 Å². The summed E-state index contributed by atoms with van der Waals surface area (Å²) in [6.07, 6.45) is 7.55. The summed E-state index contributed by atoms with van der Waals surface area (Å²) < 4.78 is 5.98. The molecule has 1 aliphatic carbocycles. The summed E-state index contributed by atoms with van der Waals surface area (Å²) >= 11 is 0. The number of guanidine groups is 1. The van der Waals surface area contributed by atoms with E-state index >= 15 is 0 Å². The minimum atomic E-state index is 0.269. The van der Waals surface area contributed by atoms with Crippen LogP contribution in [-0.4, -0.2) is 49.7 Å². The first-order chi connectivity index (χ1) is 8.77. The predicted molar refractivity (Wildman–Crippen MR) is 72.8 cm³/mol. The predicted octanol–water partition coefficient (Wildman–Crippen LogP) is 1.62. The number of hydrogen-bond acceptors (Lipinski definition) is 4. The number of nitrogens with zero attached hydrogens (tertiary/aromatic N) is 2. The second kappa shape index (κ2) is 5.08. The highest BCUT2D eigenvalue weighted by molar-refractivity contribution is 5.80. The van der Waals surface area contributed by atoms with E-state index in [1.165, 1.54) is 38.5 Å². The molecule has 1 saturated heterocycles. The normalized spacial score (nSPS) is 30.8. The molecule has 0 aromatic rings. The van der Waals surface area contributed by atoms with Crippen molar-refractivity contribution in [3.63, 3.8) is 0 Å². The molecule has 3 rings (SSSR count). The molecule has 0 aromatic heterocycles. The van der Waals surface area contributed by atoms with Gasteiger partial charge in [0.1, 0.15) is 0 Å². The Morgan fingerprint density at radius 1 is 1.44 bits per heavy atom. The zero-order chi connectivity index (χ0) is 12.4. The maximum Gasteiger partial charge on any atom is 0.193 e. The SMILES string of the molecule is CN1CCCN=C1NCC1CCOC2(CCC2)C1. The van der Waals surface area contributed by atoms with Crippen molar-refractivity contribution in [1.29, 1.82) is 0 Å². The molecular formula is C14H25N3O. The molecule has 4 heteroatoms. The molecule has 1 saturated carbocycles. The van der Waals surface area contributed by atoms with Gasteiger partial charge in [-0.25, -0.2) is 0 Å². The van der Waals surface area contributed by atoms with Crippen LogP contribution >= 0.6 is 0 Å². The van der Waals surface area contributed by atoms with Gasteiger partial charge in [-0.15, -0.1) is 0 Å². The van der Waals surface area contributed by atoms with Crippen LogP contribution in [0.5, 0.6) is 0 Å². The molecule has 4 nitrogen and oxygen atoms in total. The van der Waals surface area contributed by atoms with E-state index in [2.05, 4.69) is 22.3 Å². The van der Waals surface area contributed by atoms with E-state index in [4.69, 9.17) is 4.74 Å². The lowest BCUT2D eigenvalue weighted by Crippen LogP contribution is -2.49. The van der Waals surface area contributed by atoms with Gasteiger partial charge < -0.3 is 15.0 Å². The minimum absolute atomic E-state index is 0.269. The molecule has 0 radical (unpaired) electrons. The van der Waals surface area contributed by atoms with E-state index in [-0.39, 0.29) is 5.60 Å². The standard InChI is InChI=1S/C14H25N3O/c1-17-8-3-7-15-13(17)16-11-12-4-9-18-14(10-12)5-2-6-14/h12H,2-11H2,1H3,(H,15,16). The van der Waals surface area contributed by atoms with Crippen molar-refractivity contribution in [3.8, 4) is 0 Å². The smallest absolute Gasteiger partial charge is 0.193 e. The van der Waals surface area contributed by atoms with E-state index in [1.807, 2.05) is 0 Å². The van der Waals surface area contributed by atoms with Crippen LogP contribution in [0.15, 0.2) is 4.99 Å². The van der Waals surface area contributed by atoms with Crippen molar-refractivity contribution < 1.29 is 4.74 Å². The van der Waals surface area contributed by atoms with Gasteiger partial charge >= 0.3 is 0 Å². The lowest BCUT2D eigenvalue weighted by Gasteiger charge is -2.47. The molecule has 1 N–H and O–H groups in total. The third kappa shape index (κ3) is 2.48. The first-order valence-corrected chi connectivity index (χ1v) is 7.41. The topological polar surface area (TPSA) is 36.9 Å². The Morgan fingerprint density at radius 2 is 2.33 bits per heavy atom. The van der Waals surface area contributed by atoms with Gasteiger partial charge in [-0.2, -0.15) is 0 Å². The average Bonchev–Trinajstić information content (AvgIpc) is 2.36. The van der Waals surface area contributed by atoms with Gasteiger partial charge in [0, 0.05) is 33.3 Å². The first-order valence-electron chi connectivity index (χ1n) is 7.41. The Morgan fingerprint density at radius 3 is 3.06 bits per heavy atom. The van der Waals surface area contributed by atoms with Gasteiger partial charge in [0.05, 0.1) is 5.60 Å². The molecule has 1 spiro atoms. The van der Waals surface area contributed by atoms with Crippen LogP contribution in [0.1, 0.15) is 38.5 Å². The van der Waals surface area contributed by atoms with Gasteiger partial charge in [-0.3, -0.25) is 4.99 Å². The Hall–Kier alpha value is -0.770. The number of rotatable bonds is 2. The number of nitrogens with one attached hydrogen (secondary N) is 1. The monoisotopic (exact) mass is 251 g/mol. The van der Waals surface area contributed by atoms with Crippen molar-refractivity contribution >= 4 is 5.96 Å². The fourth-order valence-electron chi connectivity index (χ4n) is 3.37. The van der Waals surface area contributed by atoms with Crippen LogP contribution in [-0.2, 0) is 4.74 Å². The minimum Gasteiger partial charge on any atom is -0.375 e. The zero-order valence-electron chi connectivity index (χ0n) is 11.5. The average molecular weight is 251 g/mol. The first kappa shape index (κ1) is 12.3. The molecule has 0 bridgehead atoms. The van der Waals surface area contributed by atoms with Crippen LogP contribution in [0.4, 0.5) is 0 Å². The zero-order valence-corrected chi connectivity index (χ0v) is 11.5. The summed E-state index contributed by atoms with van der Waals surface area (Å²) in [6, 6.07) is 0. The highest BCUT2D eigenvalue weighted by atomic mass is 16.5. The van der Waals surface area contributed by atoms with Crippen molar-refractivity contribution in [3.05, 3.63) is 0 Å². The van der Waals surface area contributed by atoms with Gasteiger partial charge in [0.2, 0.25) is 0 Å². The van der Waals surface area contributed by atoms with Gasteiger partial charge in [-0.1, -0.05) is 0 Å². The molecule has 2 aliphatic heterocycles. The molecule has 1 unspecified atom stereocenters. The summed E-state index contributed by atoms with van der Waals surface area (Å²) in [6.45, 7) is 4.12. The summed E-state index contributed by atoms with van der Waals surface area (Å²) in [5.41, 5.74) is 0.269. The van der Waals surface area contributed by atoms with Crippen molar-refractivity contribution in [2.24, 2.45) is 10.9 Å². The van der Waals surface area contributed by atoms with Crippen LogP contribution in [0, 0.1) is 5.92 Å². The molecule has 2 heterocycles. The molecule has 0 amide bonds. The van der Waals surface area contributed by atoms with E-state index < -0.39 is 0 Å². The lowest BCUT2D eigenvalue weighted by molar-refractivity contribution is -0.142. The third-order valence-electron chi connectivity index (χ3n) is 4.68. The Bertz CT molecular complexity index is 325. The van der Waals surface area contributed by atoms with E-state index in [1.54, 1.807) is 0 Å². The molecule has 102 valence electrons. The number of aliphatic imine (C=N–C) groups is 1. The molecule has 2 fully saturated rings. The highest BCUT2D eigenvalue weighted by Crippen LogP contribution is 2.43. The van der Waals surface area contributed by atoms with Crippen LogP contribution in [0.25, 0.3) is 0 Å². The Labute approximate surface area is 110 Å². The van der Waals surface area contributed by atoms with Crippen molar-refractivity contribution in [1.82, 2.24) is 10.2 Å². The van der Waals surface area contributed by atoms with E-state index in [9.17, 15) is 0 Å². The number of ether oxygens (including phenoxy) is 1. The highest BCUT2D eigenvalue weighted by Gasteiger charge is 2.42. The Kier molecular flexibility index (Phi) is 3.46. The molecular weight excluding hydrogens is 226 g/mol. The molecule has 18 heavy (non-hydrogen) atoms. The second-order valence-corrected chi connectivity index (χ2v) is 6.11. The molecule has 1 atom stereocenters. The van der Waals surface area contributed by atoms with Gasteiger partial charge in [-0.05, 0) is 44.4 Å². The van der Waals surface area contributed by atoms with Crippen LogP contribution in [0.3, 0.4) is 0 Å². The second-order valence-electron chi connectivity index (χ2n) is 6.11. The summed E-state index contributed by atoms with van der Waals surface area (Å²) in [5, 5.41) is 3.55. The van der Waals surface area contributed by atoms with E-state index in [0.717, 1.165) is 38.1 Å². The summed E-state index contributed by atoms with van der Waals surface area (Å²) in [5.74, 6) is 1.85. The van der Waals surface area contributed by atoms with Crippen molar-refractivity contribution in [2.45, 2.75) is 44.1 Å². The van der Waals surface area contributed by atoms with Crippen LogP contribution < -0.4 is 5.32 Å². The maximum atomic E-state index is 5.98. The molecule has 3 aliphatic rings. The summed E-state index contributed by atoms with van der Waals surface area (Å²) in [7, 11) is 2.13. The fourth-order valence-corrected chi connectivity index (χ4v) is 3.37. The maximum absolute atomic E-state index is 5.98. The summed E-state index contributed by atoms with van der Waals surface area (Å²) in [4.78, 5) is 6.80. The third-order valence-corrected chi connectivity index (χ3v) is 4.68. The fraction of sp³-hybridized carbons (Fsp3) is 0.929. The van der Waals surface area contributed by atoms with Gasteiger partial charge in [0.25, 0.3) is 0 Å². The largest absolute Gasteiger partial charge is 0.375 e. The lowest BCUT2D eigenvalue weighted by atomic mass is 9.72.